The summed E-state index contributed by atoms with van der Waals surface area (Å²) < 4.78 is 25.9. The van der Waals surface area contributed by atoms with Gasteiger partial charge in [0.1, 0.15) is 17.6 Å². The zero-order valence-electron chi connectivity index (χ0n) is 20.4. The molecule has 12 heteroatoms. The van der Waals surface area contributed by atoms with Crippen molar-refractivity contribution in [2.45, 2.75) is 25.3 Å². The molecule has 0 spiro atoms. The number of amides is 3. The molecule has 4 rings (SSSR count). The first-order valence-corrected chi connectivity index (χ1v) is 11.6. The summed E-state index contributed by atoms with van der Waals surface area (Å²) in [5.74, 6) is -0.996. The minimum absolute atomic E-state index is 0.0355. The fourth-order valence-electron chi connectivity index (χ4n) is 4.08. The van der Waals surface area contributed by atoms with Crippen molar-refractivity contribution in [1.29, 1.82) is 0 Å². The number of anilines is 1. The highest BCUT2D eigenvalue weighted by atomic mass is 19.1. The number of imide groups is 1. The zero-order chi connectivity index (χ0) is 27.2. The molecule has 38 heavy (non-hydrogen) atoms. The van der Waals surface area contributed by atoms with Gasteiger partial charge in [0.15, 0.2) is 0 Å². The van der Waals surface area contributed by atoms with Gasteiger partial charge in [-0.05, 0) is 54.6 Å². The Kier molecular flexibility index (Phi) is 7.80. The van der Waals surface area contributed by atoms with Gasteiger partial charge < -0.3 is 20.7 Å². The summed E-state index contributed by atoms with van der Waals surface area (Å²) in [6.07, 6.45) is 5.20. The molecule has 1 aliphatic heterocycles. The van der Waals surface area contributed by atoms with Gasteiger partial charge in [-0.25, -0.2) is 4.39 Å². The molecule has 0 aliphatic carbocycles. The third-order valence-electron chi connectivity index (χ3n) is 5.94. The molecule has 1 saturated heterocycles. The van der Waals surface area contributed by atoms with Crippen molar-refractivity contribution in [3.05, 3.63) is 77.6 Å². The maximum atomic E-state index is 15.2. The van der Waals surface area contributed by atoms with E-state index in [-0.39, 0.29) is 47.8 Å². The minimum Gasteiger partial charge on any atom is -0.495 e. The molecule has 2 aromatic carbocycles. The summed E-state index contributed by atoms with van der Waals surface area (Å²) in [4.78, 5) is 41.5. The van der Waals surface area contributed by atoms with Crippen LogP contribution < -0.4 is 26.4 Å². The summed E-state index contributed by atoms with van der Waals surface area (Å²) >= 11 is 0. The molecule has 1 unspecified atom stereocenters. The number of piperidine rings is 1. The van der Waals surface area contributed by atoms with E-state index in [1.807, 2.05) is 0 Å². The maximum absolute atomic E-state index is 15.2. The number of hydrogen-bond acceptors (Lipinski definition) is 9. The number of allylic oxidation sites excluding steroid dienone is 2. The highest BCUT2D eigenvalue weighted by Gasteiger charge is 2.33. The average Bonchev–Trinajstić information content (AvgIpc) is 3.37. The van der Waals surface area contributed by atoms with Gasteiger partial charge in [0, 0.05) is 17.7 Å². The Labute approximate surface area is 216 Å². The second-order valence-corrected chi connectivity index (χ2v) is 8.35. The lowest BCUT2D eigenvalue weighted by molar-refractivity contribution is -0.134. The molecule has 1 atom stereocenters. The number of halogens is 1. The number of nitrogens with one attached hydrogen (secondary N) is 1. The van der Waals surface area contributed by atoms with E-state index in [1.165, 1.54) is 42.5 Å². The molecule has 196 valence electrons. The molecule has 11 nitrogen and oxygen atoms in total. The fourth-order valence-corrected chi connectivity index (χ4v) is 4.08. The van der Waals surface area contributed by atoms with E-state index in [4.69, 9.17) is 20.7 Å². The average molecular weight is 521 g/mol. The summed E-state index contributed by atoms with van der Waals surface area (Å²) in [6, 6.07) is 8.80. The predicted molar refractivity (Wildman–Crippen MR) is 136 cm³/mol. The second kappa shape index (κ2) is 11.4. The van der Waals surface area contributed by atoms with Crippen molar-refractivity contribution in [3.8, 4) is 17.1 Å². The quantitative estimate of drug-likeness (QED) is 0.217. The van der Waals surface area contributed by atoms with Crippen LogP contribution >= 0.6 is 0 Å². The monoisotopic (exact) mass is 520 g/mol. The number of nitrogens with two attached hydrogens (primary N) is 2. The van der Waals surface area contributed by atoms with Gasteiger partial charge in [-0.1, -0.05) is 17.3 Å². The molecule has 0 radical (unpaired) electrons. The van der Waals surface area contributed by atoms with Crippen LogP contribution in [0.25, 0.3) is 17.1 Å². The molecule has 0 saturated carbocycles. The Hall–Kier alpha value is -5.00. The van der Waals surface area contributed by atoms with Crippen LogP contribution in [0.4, 0.5) is 10.1 Å². The molecule has 1 aliphatic rings. The Bertz CT molecular complexity index is 1430. The second-order valence-electron chi connectivity index (χ2n) is 8.35. The Morgan fingerprint density at radius 3 is 2.84 bits per heavy atom. The smallest absolute Gasteiger partial charge is 0.249 e. The van der Waals surface area contributed by atoms with Crippen LogP contribution in [0, 0.1) is 5.82 Å². The van der Waals surface area contributed by atoms with Gasteiger partial charge in [-0.3, -0.25) is 24.6 Å². The highest BCUT2D eigenvalue weighted by molar-refractivity contribution is 6.04. The number of hydrogen-bond donors (Lipinski definition) is 3. The van der Waals surface area contributed by atoms with Gasteiger partial charge in [0.2, 0.25) is 29.9 Å². The standard InChI is InChI=1S/C26H25FN6O5/c1-37-21-9-7-15(12-20(21)33(14-34)19-8-10-22(35)30-26(19)36)13-23-31-25(32-38-23)17-5-2-4-16(24(17)27)18(29)6-3-11-28/h2-7,9,11-12,14,19H,8,10,13,28-29H2,1H3,(H,30,35,36)/b11-3-,18-6-. The summed E-state index contributed by atoms with van der Waals surface area (Å²) in [6.45, 7) is 0. The number of nitrogens with zero attached hydrogens (tertiary/aromatic N) is 3. The first kappa shape index (κ1) is 26.1. The summed E-state index contributed by atoms with van der Waals surface area (Å²) in [5, 5.41) is 6.15. The third kappa shape index (κ3) is 5.38. The third-order valence-corrected chi connectivity index (χ3v) is 5.94. The molecule has 3 amide bonds. The number of aromatic nitrogens is 2. The van der Waals surface area contributed by atoms with E-state index in [2.05, 4.69) is 15.5 Å². The molecule has 5 N–H and O–H groups in total. The normalized spacial score (nSPS) is 15.9. The number of carbonyl (C=O) groups excluding carboxylic acids is 3. The summed E-state index contributed by atoms with van der Waals surface area (Å²) in [5.41, 5.74) is 12.7. The molecule has 3 aromatic rings. The van der Waals surface area contributed by atoms with E-state index in [0.29, 0.717) is 23.4 Å². The highest BCUT2D eigenvalue weighted by Crippen LogP contribution is 2.33. The van der Waals surface area contributed by atoms with Crippen molar-refractivity contribution in [1.82, 2.24) is 15.5 Å². The molecule has 0 bridgehead atoms. The van der Waals surface area contributed by atoms with Crippen LogP contribution in [0.3, 0.4) is 0 Å². The van der Waals surface area contributed by atoms with Crippen LogP contribution in [0.2, 0.25) is 0 Å². The number of methoxy groups -OCH3 is 1. The van der Waals surface area contributed by atoms with Gasteiger partial charge >= 0.3 is 0 Å². The van der Waals surface area contributed by atoms with Crippen molar-refractivity contribution >= 4 is 29.6 Å². The first-order chi connectivity index (χ1) is 18.4. The molecule has 2 heterocycles. The molecular formula is C26H25FN6O5. The molecular weight excluding hydrogens is 495 g/mol. The summed E-state index contributed by atoms with van der Waals surface area (Å²) in [7, 11) is 1.44. The number of rotatable bonds is 9. The van der Waals surface area contributed by atoms with Crippen molar-refractivity contribution in [2.75, 3.05) is 12.0 Å². The zero-order valence-corrected chi connectivity index (χ0v) is 20.4. The SMILES string of the molecule is COc1ccc(Cc2nc(-c3cccc(/C(N)=C/C=C\N)c3F)no2)cc1N(C=O)C1CCC(=O)NC1=O. The lowest BCUT2D eigenvalue weighted by Gasteiger charge is -2.31. The Morgan fingerprint density at radius 1 is 1.32 bits per heavy atom. The topological polar surface area (TPSA) is 167 Å². The van der Waals surface area contributed by atoms with Crippen molar-refractivity contribution in [2.24, 2.45) is 11.5 Å². The van der Waals surface area contributed by atoms with Crippen LogP contribution in [0.15, 0.2) is 59.3 Å². The van der Waals surface area contributed by atoms with Gasteiger partial charge in [-0.2, -0.15) is 4.98 Å². The first-order valence-electron chi connectivity index (χ1n) is 11.6. The lowest BCUT2D eigenvalue weighted by Crippen LogP contribution is -2.52. The largest absolute Gasteiger partial charge is 0.495 e. The van der Waals surface area contributed by atoms with E-state index >= 15 is 4.39 Å². The van der Waals surface area contributed by atoms with Crippen LogP contribution in [0.1, 0.15) is 29.9 Å². The van der Waals surface area contributed by atoms with Crippen molar-refractivity contribution in [3.63, 3.8) is 0 Å². The molecule has 1 aromatic heterocycles. The maximum Gasteiger partial charge on any atom is 0.249 e. The number of carbonyl (C=O) groups is 3. The minimum atomic E-state index is -0.874. The fraction of sp³-hybridized carbons (Fsp3) is 0.192. The van der Waals surface area contributed by atoms with Gasteiger partial charge in [0.25, 0.3) is 0 Å². The van der Waals surface area contributed by atoms with E-state index in [1.54, 1.807) is 24.3 Å². The van der Waals surface area contributed by atoms with Crippen LogP contribution in [-0.2, 0) is 20.8 Å². The van der Waals surface area contributed by atoms with Crippen LogP contribution in [-0.4, -0.2) is 41.5 Å². The van der Waals surface area contributed by atoms with E-state index < -0.39 is 23.7 Å². The lowest BCUT2D eigenvalue weighted by atomic mass is 10.0. The number of benzene rings is 2. The van der Waals surface area contributed by atoms with Gasteiger partial charge in [-0.15, -0.1) is 0 Å². The molecule has 1 fully saturated rings. The van der Waals surface area contributed by atoms with Crippen molar-refractivity contribution < 1.29 is 28.0 Å². The van der Waals surface area contributed by atoms with E-state index in [9.17, 15) is 14.4 Å². The van der Waals surface area contributed by atoms with Crippen LogP contribution in [0.5, 0.6) is 5.75 Å². The predicted octanol–water partition coefficient (Wildman–Crippen LogP) is 2.02. The van der Waals surface area contributed by atoms with Gasteiger partial charge in [0.05, 0.1) is 24.8 Å². The Balaban J connectivity index is 1.61. The Morgan fingerprint density at radius 2 is 2.13 bits per heavy atom. The van der Waals surface area contributed by atoms with E-state index in [0.717, 1.165) is 0 Å². The number of ether oxygens (including phenoxy) is 1.